The van der Waals surface area contributed by atoms with E-state index in [4.69, 9.17) is 4.74 Å². The molecule has 1 amide bonds. The fourth-order valence-corrected chi connectivity index (χ4v) is 3.83. The lowest BCUT2D eigenvalue weighted by molar-refractivity contribution is -0.128. The smallest absolute Gasteiger partial charge is 0.217 e. The van der Waals surface area contributed by atoms with Gasteiger partial charge in [0.2, 0.25) is 5.91 Å². The summed E-state index contributed by atoms with van der Waals surface area (Å²) in [6, 6.07) is 0.342. The highest BCUT2D eigenvalue weighted by molar-refractivity contribution is 5.73. The molecule has 2 rings (SSSR count). The number of nitrogens with one attached hydrogen (secondary N) is 1. The molecule has 0 unspecified atom stereocenters. The maximum Gasteiger partial charge on any atom is 0.217 e. The minimum Gasteiger partial charge on any atom is -0.374 e. The number of carbonyl (C=O) groups is 1. The van der Waals surface area contributed by atoms with Crippen LogP contribution in [0.25, 0.3) is 0 Å². The van der Waals surface area contributed by atoms with Gasteiger partial charge in [-0.1, -0.05) is 33.1 Å². The summed E-state index contributed by atoms with van der Waals surface area (Å²) in [5, 5.41) is 3.17. The zero-order valence-corrected chi connectivity index (χ0v) is 11.9. The van der Waals surface area contributed by atoms with E-state index in [1.54, 1.807) is 6.92 Å². The standard InChI is InChI=1S/C15H27NO2/c1-4-11(5-2)15-9-13(16-10(3)17)12-7-6-8-14(12)18-15/h11-15H,4-9H2,1-3H3,(H,16,17)/t12-,13+,14+,15+/m0/s1. The van der Waals surface area contributed by atoms with Crippen LogP contribution in [0.5, 0.6) is 0 Å². The molecule has 0 aromatic rings. The number of ether oxygens (including phenoxy) is 1. The van der Waals surface area contributed by atoms with Gasteiger partial charge in [0, 0.05) is 18.9 Å². The van der Waals surface area contributed by atoms with Crippen molar-refractivity contribution in [3.05, 3.63) is 0 Å². The predicted molar refractivity (Wildman–Crippen MR) is 72.3 cm³/mol. The molecule has 1 N–H and O–H groups in total. The molecule has 0 aromatic carbocycles. The lowest BCUT2D eigenvalue weighted by Gasteiger charge is -2.42. The summed E-state index contributed by atoms with van der Waals surface area (Å²) in [6.45, 7) is 6.11. The Balaban J connectivity index is 2.05. The fraction of sp³-hybridized carbons (Fsp3) is 0.933. The number of fused-ring (bicyclic) bond motifs is 1. The molecule has 1 heterocycles. The molecule has 18 heavy (non-hydrogen) atoms. The molecule has 1 saturated heterocycles. The lowest BCUT2D eigenvalue weighted by Crippen LogP contribution is -2.51. The zero-order chi connectivity index (χ0) is 13.1. The zero-order valence-electron chi connectivity index (χ0n) is 11.9. The average Bonchev–Trinajstić information content (AvgIpc) is 2.78. The largest absolute Gasteiger partial charge is 0.374 e. The van der Waals surface area contributed by atoms with E-state index >= 15 is 0 Å². The summed E-state index contributed by atoms with van der Waals surface area (Å²) in [4.78, 5) is 11.4. The quantitative estimate of drug-likeness (QED) is 0.836. The van der Waals surface area contributed by atoms with E-state index in [-0.39, 0.29) is 5.91 Å². The first kappa shape index (κ1) is 13.9. The SMILES string of the molecule is CCC(CC)[C@H]1C[C@@H](NC(C)=O)[C@@H]2CCC[C@H]2O1. The van der Waals surface area contributed by atoms with Crippen molar-refractivity contribution in [2.45, 2.75) is 77.5 Å². The maximum atomic E-state index is 11.4. The summed E-state index contributed by atoms with van der Waals surface area (Å²) < 4.78 is 6.31. The van der Waals surface area contributed by atoms with Crippen LogP contribution in [-0.4, -0.2) is 24.2 Å². The van der Waals surface area contributed by atoms with Gasteiger partial charge in [-0.05, 0) is 25.2 Å². The Morgan fingerprint density at radius 1 is 1.33 bits per heavy atom. The van der Waals surface area contributed by atoms with E-state index in [1.165, 1.54) is 32.1 Å². The monoisotopic (exact) mass is 253 g/mol. The molecular formula is C15H27NO2. The van der Waals surface area contributed by atoms with E-state index < -0.39 is 0 Å². The van der Waals surface area contributed by atoms with E-state index in [1.807, 2.05) is 0 Å². The second-order valence-corrected chi connectivity index (χ2v) is 5.93. The Kier molecular flexibility index (Phi) is 4.66. The first-order chi connectivity index (χ1) is 8.65. The maximum absolute atomic E-state index is 11.4. The van der Waals surface area contributed by atoms with E-state index in [0.717, 1.165) is 6.42 Å². The van der Waals surface area contributed by atoms with Crippen LogP contribution < -0.4 is 5.32 Å². The van der Waals surface area contributed by atoms with Gasteiger partial charge in [-0.15, -0.1) is 0 Å². The van der Waals surface area contributed by atoms with E-state index in [0.29, 0.717) is 30.1 Å². The third-order valence-electron chi connectivity index (χ3n) is 4.82. The van der Waals surface area contributed by atoms with Crippen LogP contribution in [0, 0.1) is 11.8 Å². The van der Waals surface area contributed by atoms with Crippen molar-refractivity contribution in [3.8, 4) is 0 Å². The van der Waals surface area contributed by atoms with Crippen LogP contribution in [0.3, 0.4) is 0 Å². The summed E-state index contributed by atoms with van der Waals surface area (Å²) in [5.74, 6) is 1.30. The van der Waals surface area contributed by atoms with Crippen molar-refractivity contribution >= 4 is 5.91 Å². The van der Waals surface area contributed by atoms with Gasteiger partial charge in [-0.3, -0.25) is 4.79 Å². The van der Waals surface area contributed by atoms with Crippen LogP contribution in [0.15, 0.2) is 0 Å². The highest BCUT2D eigenvalue weighted by Gasteiger charge is 2.43. The Hall–Kier alpha value is -0.570. The Bertz CT molecular complexity index is 288. The summed E-state index contributed by atoms with van der Waals surface area (Å²) >= 11 is 0. The van der Waals surface area contributed by atoms with Crippen LogP contribution in [-0.2, 0) is 9.53 Å². The molecule has 0 bridgehead atoms. The first-order valence-corrected chi connectivity index (χ1v) is 7.58. The van der Waals surface area contributed by atoms with Gasteiger partial charge in [0.05, 0.1) is 12.2 Å². The lowest BCUT2D eigenvalue weighted by atomic mass is 9.82. The molecule has 1 aliphatic carbocycles. The number of carbonyl (C=O) groups excluding carboxylic acids is 1. The highest BCUT2D eigenvalue weighted by Crippen LogP contribution is 2.40. The summed E-state index contributed by atoms with van der Waals surface area (Å²) in [6.07, 6.45) is 7.73. The van der Waals surface area contributed by atoms with Crippen molar-refractivity contribution in [2.24, 2.45) is 11.8 Å². The first-order valence-electron chi connectivity index (χ1n) is 7.58. The van der Waals surface area contributed by atoms with E-state index in [9.17, 15) is 4.79 Å². The van der Waals surface area contributed by atoms with Gasteiger partial charge in [0.15, 0.2) is 0 Å². The van der Waals surface area contributed by atoms with Gasteiger partial charge in [0.25, 0.3) is 0 Å². The average molecular weight is 253 g/mol. The molecule has 3 heteroatoms. The molecule has 2 fully saturated rings. The van der Waals surface area contributed by atoms with Crippen molar-refractivity contribution < 1.29 is 9.53 Å². The molecule has 0 aromatic heterocycles. The third kappa shape index (κ3) is 2.87. The van der Waals surface area contributed by atoms with Crippen LogP contribution >= 0.6 is 0 Å². The number of hydrogen-bond donors (Lipinski definition) is 1. The van der Waals surface area contributed by atoms with E-state index in [2.05, 4.69) is 19.2 Å². The Morgan fingerprint density at radius 3 is 2.67 bits per heavy atom. The molecular weight excluding hydrogens is 226 g/mol. The summed E-state index contributed by atoms with van der Waals surface area (Å²) in [5.41, 5.74) is 0. The normalized spacial score (nSPS) is 35.6. The molecule has 1 aliphatic heterocycles. The molecule has 104 valence electrons. The molecule has 3 nitrogen and oxygen atoms in total. The van der Waals surface area contributed by atoms with Crippen molar-refractivity contribution in [1.29, 1.82) is 0 Å². The molecule has 1 saturated carbocycles. The van der Waals surface area contributed by atoms with Crippen molar-refractivity contribution in [3.63, 3.8) is 0 Å². The second-order valence-electron chi connectivity index (χ2n) is 5.93. The van der Waals surface area contributed by atoms with Gasteiger partial charge < -0.3 is 10.1 Å². The predicted octanol–water partition coefficient (Wildman–Crippen LogP) is 2.88. The van der Waals surface area contributed by atoms with Crippen molar-refractivity contribution in [2.75, 3.05) is 0 Å². The summed E-state index contributed by atoms with van der Waals surface area (Å²) in [7, 11) is 0. The minimum absolute atomic E-state index is 0.107. The number of amides is 1. The number of hydrogen-bond acceptors (Lipinski definition) is 2. The number of rotatable bonds is 4. The van der Waals surface area contributed by atoms with Gasteiger partial charge in [-0.2, -0.15) is 0 Å². The fourth-order valence-electron chi connectivity index (χ4n) is 3.83. The minimum atomic E-state index is 0.107. The van der Waals surface area contributed by atoms with Crippen LogP contribution in [0.1, 0.15) is 59.3 Å². The van der Waals surface area contributed by atoms with Gasteiger partial charge in [0.1, 0.15) is 0 Å². The topological polar surface area (TPSA) is 38.3 Å². The van der Waals surface area contributed by atoms with Crippen molar-refractivity contribution in [1.82, 2.24) is 5.32 Å². The molecule has 0 spiro atoms. The Labute approximate surface area is 111 Å². The highest BCUT2D eigenvalue weighted by atomic mass is 16.5. The molecule has 0 radical (unpaired) electrons. The van der Waals surface area contributed by atoms with Gasteiger partial charge in [-0.25, -0.2) is 0 Å². The Morgan fingerprint density at radius 2 is 2.06 bits per heavy atom. The second kappa shape index (κ2) is 6.05. The molecule has 2 aliphatic rings. The molecule has 4 atom stereocenters. The van der Waals surface area contributed by atoms with Crippen LogP contribution in [0.4, 0.5) is 0 Å². The van der Waals surface area contributed by atoms with Crippen LogP contribution in [0.2, 0.25) is 0 Å². The third-order valence-corrected chi connectivity index (χ3v) is 4.82. The van der Waals surface area contributed by atoms with Gasteiger partial charge >= 0.3 is 0 Å².